The zero-order valence-corrected chi connectivity index (χ0v) is 15.0. The van der Waals surface area contributed by atoms with Crippen molar-refractivity contribution < 1.29 is 23.8 Å². The molecule has 0 spiro atoms. The molecule has 2 amide bonds. The van der Waals surface area contributed by atoms with Crippen LogP contribution in [0.5, 0.6) is 11.5 Å². The van der Waals surface area contributed by atoms with E-state index in [0.29, 0.717) is 41.8 Å². The van der Waals surface area contributed by atoms with Gasteiger partial charge in [-0.25, -0.2) is 0 Å². The van der Waals surface area contributed by atoms with E-state index in [2.05, 4.69) is 10.6 Å². The van der Waals surface area contributed by atoms with Gasteiger partial charge in [0.1, 0.15) is 11.5 Å². The monoisotopic (exact) mass is 358 g/mol. The van der Waals surface area contributed by atoms with Gasteiger partial charge in [0, 0.05) is 25.3 Å². The number of hydrogen-bond acceptors (Lipinski definition) is 5. The van der Waals surface area contributed by atoms with Gasteiger partial charge < -0.3 is 24.8 Å². The lowest BCUT2D eigenvalue weighted by Crippen LogP contribution is -2.36. The number of hydrogen-bond donors (Lipinski definition) is 2. The maximum Gasteiger partial charge on any atom is 0.313 e. The molecule has 1 rings (SSSR count). The number of amides is 2. The molecule has 0 aliphatic heterocycles. The summed E-state index contributed by atoms with van der Waals surface area (Å²) in [7, 11) is 2.88. The van der Waals surface area contributed by atoms with Crippen molar-refractivity contribution in [2.24, 2.45) is 0 Å². The van der Waals surface area contributed by atoms with Crippen LogP contribution >= 0.6 is 11.6 Å². The largest absolute Gasteiger partial charge is 0.495 e. The van der Waals surface area contributed by atoms with Gasteiger partial charge in [0.2, 0.25) is 0 Å². The van der Waals surface area contributed by atoms with Gasteiger partial charge in [0.05, 0.1) is 31.0 Å². The van der Waals surface area contributed by atoms with E-state index in [1.807, 2.05) is 13.8 Å². The van der Waals surface area contributed by atoms with Gasteiger partial charge >= 0.3 is 11.8 Å². The Morgan fingerprint density at radius 2 is 1.79 bits per heavy atom. The fourth-order valence-electron chi connectivity index (χ4n) is 1.81. The Hall–Kier alpha value is -1.99. The van der Waals surface area contributed by atoms with Crippen molar-refractivity contribution in [1.82, 2.24) is 5.32 Å². The second kappa shape index (κ2) is 10.00. The minimum Gasteiger partial charge on any atom is -0.495 e. The number of ether oxygens (including phenoxy) is 3. The van der Waals surface area contributed by atoms with Gasteiger partial charge in [-0.3, -0.25) is 9.59 Å². The first-order valence-electron chi connectivity index (χ1n) is 7.51. The number of carbonyl (C=O) groups is 2. The number of anilines is 1. The summed E-state index contributed by atoms with van der Waals surface area (Å²) in [5.41, 5.74) is 0.294. The first kappa shape index (κ1) is 20.1. The van der Waals surface area contributed by atoms with Crippen molar-refractivity contribution in [3.63, 3.8) is 0 Å². The Kier molecular flexibility index (Phi) is 8.35. The molecular formula is C16H23ClN2O5. The van der Waals surface area contributed by atoms with Crippen LogP contribution in [0.2, 0.25) is 5.02 Å². The van der Waals surface area contributed by atoms with E-state index in [1.165, 1.54) is 26.4 Å². The summed E-state index contributed by atoms with van der Waals surface area (Å²) in [6.45, 7) is 4.72. The molecule has 134 valence electrons. The van der Waals surface area contributed by atoms with Crippen LogP contribution in [0.4, 0.5) is 5.69 Å². The van der Waals surface area contributed by atoms with Crippen LogP contribution in [-0.4, -0.2) is 45.3 Å². The minimum absolute atomic E-state index is 0.136. The van der Waals surface area contributed by atoms with Crippen LogP contribution in [0.3, 0.4) is 0 Å². The van der Waals surface area contributed by atoms with Crippen molar-refractivity contribution in [2.45, 2.75) is 26.4 Å². The standard InChI is InChI=1S/C16H23ClN2O5/c1-10(2)24-7-5-6-18-15(20)16(21)19-12-9-13(22-3)11(17)8-14(12)23-4/h8-10H,5-7H2,1-4H3,(H,18,20)(H,19,21). The summed E-state index contributed by atoms with van der Waals surface area (Å²) in [5, 5.41) is 5.34. The number of carbonyl (C=O) groups excluding carboxylic acids is 2. The second-order valence-corrected chi connectivity index (χ2v) is 5.58. The molecule has 0 fully saturated rings. The number of nitrogens with one attached hydrogen (secondary N) is 2. The van der Waals surface area contributed by atoms with Gasteiger partial charge in [-0.15, -0.1) is 0 Å². The van der Waals surface area contributed by atoms with Crippen LogP contribution in [0.15, 0.2) is 12.1 Å². The van der Waals surface area contributed by atoms with Crippen molar-refractivity contribution in [3.8, 4) is 11.5 Å². The van der Waals surface area contributed by atoms with Crippen molar-refractivity contribution in [2.75, 3.05) is 32.7 Å². The van der Waals surface area contributed by atoms with Gasteiger partial charge in [0.15, 0.2) is 0 Å². The Labute approximate surface area is 146 Å². The highest BCUT2D eigenvalue weighted by Crippen LogP contribution is 2.35. The highest BCUT2D eigenvalue weighted by molar-refractivity contribution is 6.40. The molecule has 0 unspecified atom stereocenters. The highest BCUT2D eigenvalue weighted by atomic mass is 35.5. The van der Waals surface area contributed by atoms with E-state index in [1.54, 1.807) is 0 Å². The fourth-order valence-corrected chi connectivity index (χ4v) is 2.04. The molecule has 0 aromatic heterocycles. The summed E-state index contributed by atoms with van der Waals surface area (Å²) < 4.78 is 15.6. The number of methoxy groups -OCH3 is 2. The van der Waals surface area contributed by atoms with E-state index in [0.717, 1.165) is 0 Å². The quantitative estimate of drug-likeness (QED) is 0.549. The van der Waals surface area contributed by atoms with Crippen LogP contribution < -0.4 is 20.1 Å². The van der Waals surface area contributed by atoms with E-state index < -0.39 is 11.8 Å². The van der Waals surface area contributed by atoms with Crippen LogP contribution in [0, 0.1) is 0 Å². The third-order valence-corrected chi connectivity index (χ3v) is 3.28. The first-order valence-corrected chi connectivity index (χ1v) is 7.89. The normalized spacial score (nSPS) is 10.4. The smallest absolute Gasteiger partial charge is 0.313 e. The Bertz CT molecular complexity index is 578. The van der Waals surface area contributed by atoms with E-state index in [9.17, 15) is 9.59 Å². The second-order valence-electron chi connectivity index (χ2n) is 5.17. The molecule has 0 atom stereocenters. The van der Waals surface area contributed by atoms with E-state index in [-0.39, 0.29) is 6.10 Å². The lowest BCUT2D eigenvalue weighted by atomic mass is 10.2. The summed E-state index contributed by atoms with van der Waals surface area (Å²) in [4.78, 5) is 23.8. The molecule has 0 saturated heterocycles. The molecule has 0 aliphatic carbocycles. The van der Waals surface area contributed by atoms with Gasteiger partial charge in [-0.2, -0.15) is 0 Å². The van der Waals surface area contributed by atoms with Crippen LogP contribution in [0.1, 0.15) is 20.3 Å². The molecule has 8 heteroatoms. The molecule has 0 heterocycles. The van der Waals surface area contributed by atoms with Crippen LogP contribution in [0.25, 0.3) is 0 Å². The number of halogens is 1. The summed E-state index contributed by atoms with van der Waals surface area (Å²) >= 11 is 5.99. The number of rotatable bonds is 8. The van der Waals surface area contributed by atoms with E-state index >= 15 is 0 Å². The van der Waals surface area contributed by atoms with Crippen molar-refractivity contribution in [3.05, 3.63) is 17.2 Å². The van der Waals surface area contributed by atoms with Gasteiger partial charge in [0.25, 0.3) is 0 Å². The molecule has 1 aromatic rings. The molecule has 2 N–H and O–H groups in total. The number of benzene rings is 1. The Balaban J connectivity index is 2.59. The lowest BCUT2D eigenvalue weighted by Gasteiger charge is -2.13. The van der Waals surface area contributed by atoms with Crippen LogP contribution in [-0.2, 0) is 14.3 Å². The third kappa shape index (κ3) is 6.25. The van der Waals surface area contributed by atoms with Gasteiger partial charge in [-0.05, 0) is 20.3 Å². The topological polar surface area (TPSA) is 85.9 Å². The maximum absolute atomic E-state index is 12.0. The summed E-state index contributed by atoms with van der Waals surface area (Å²) in [6.07, 6.45) is 0.756. The molecule has 7 nitrogen and oxygen atoms in total. The maximum atomic E-state index is 12.0. The van der Waals surface area contributed by atoms with Crippen molar-refractivity contribution in [1.29, 1.82) is 0 Å². The van der Waals surface area contributed by atoms with Gasteiger partial charge in [-0.1, -0.05) is 11.6 Å². The SMILES string of the molecule is COc1cc(NC(=O)C(=O)NCCCOC(C)C)c(OC)cc1Cl. The molecular weight excluding hydrogens is 336 g/mol. The molecule has 1 aromatic carbocycles. The minimum atomic E-state index is -0.803. The molecule has 24 heavy (non-hydrogen) atoms. The van der Waals surface area contributed by atoms with E-state index in [4.69, 9.17) is 25.8 Å². The van der Waals surface area contributed by atoms with Crippen molar-refractivity contribution >= 4 is 29.1 Å². The third-order valence-electron chi connectivity index (χ3n) is 2.99. The predicted molar refractivity (Wildman–Crippen MR) is 91.9 cm³/mol. The molecule has 0 aliphatic rings. The average Bonchev–Trinajstić information content (AvgIpc) is 2.54. The fraction of sp³-hybridized carbons (Fsp3) is 0.500. The Morgan fingerprint density at radius 1 is 1.12 bits per heavy atom. The summed E-state index contributed by atoms with van der Waals surface area (Å²) in [5.74, 6) is -0.857. The molecule has 0 radical (unpaired) electrons. The first-order chi connectivity index (χ1) is 11.4. The Morgan fingerprint density at radius 3 is 2.38 bits per heavy atom. The zero-order chi connectivity index (χ0) is 18.1. The molecule has 0 saturated carbocycles. The summed E-state index contributed by atoms with van der Waals surface area (Å²) in [6, 6.07) is 2.99. The predicted octanol–water partition coefficient (Wildman–Crippen LogP) is 2.23. The molecule has 0 bridgehead atoms. The lowest BCUT2D eigenvalue weighted by molar-refractivity contribution is -0.136. The zero-order valence-electron chi connectivity index (χ0n) is 14.3. The highest BCUT2D eigenvalue weighted by Gasteiger charge is 2.17. The average molecular weight is 359 g/mol.